The monoisotopic (exact) mass is 634 g/mol. The van der Waals surface area contributed by atoms with Crippen molar-refractivity contribution in [2.75, 3.05) is 16.3 Å². The van der Waals surface area contributed by atoms with Crippen molar-refractivity contribution in [3.8, 4) is 11.1 Å². The van der Waals surface area contributed by atoms with Crippen LogP contribution in [-0.2, 0) is 17.3 Å². The molecule has 3 aliphatic rings. The Morgan fingerprint density at radius 1 is 0.490 bits per heavy atom. The predicted molar refractivity (Wildman–Crippen MR) is 208 cm³/mol. The summed E-state index contributed by atoms with van der Waals surface area (Å²) < 4.78 is 0. The molecule has 0 unspecified atom stereocenters. The third-order valence-corrected chi connectivity index (χ3v) is 11.4. The van der Waals surface area contributed by atoms with Gasteiger partial charge in [-0.2, -0.15) is 0 Å². The summed E-state index contributed by atoms with van der Waals surface area (Å²) in [6.07, 6.45) is 6.86. The maximum Gasteiger partial charge on any atom is 0.0502 e. The Morgan fingerprint density at radius 3 is 1.73 bits per heavy atom. The molecular formula is C47H42N2. The van der Waals surface area contributed by atoms with E-state index in [0.717, 1.165) is 13.0 Å². The molecule has 6 aromatic rings. The highest BCUT2D eigenvalue weighted by Crippen LogP contribution is 2.52. The third-order valence-electron chi connectivity index (χ3n) is 11.4. The summed E-state index contributed by atoms with van der Waals surface area (Å²) in [6.45, 7) is 10.5. The third kappa shape index (κ3) is 4.69. The largest absolute Gasteiger partial charge is 0.341 e. The molecule has 0 saturated heterocycles. The van der Waals surface area contributed by atoms with Crippen LogP contribution in [0.3, 0.4) is 0 Å². The molecule has 0 saturated carbocycles. The fourth-order valence-electron chi connectivity index (χ4n) is 8.69. The molecule has 9 rings (SSSR count). The van der Waals surface area contributed by atoms with Gasteiger partial charge in [-0.25, -0.2) is 0 Å². The smallest absolute Gasteiger partial charge is 0.0502 e. The summed E-state index contributed by atoms with van der Waals surface area (Å²) in [5.41, 5.74) is 18.4. The molecule has 0 aromatic heterocycles. The normalized spacial score (nSPS) is 16.5. The molecule has 0 spiro atoms. The average Bonchev–Trinajstić information content (AvgIpc) is 3.36. The number of benzene rings is 6. The number of hydrogen-bond acceptors (Lipinski definition) is 2. The summed E-state index contributed by atoms with van der Waals surface area (Å²) in [5.74, 6) is 0. The molecule has 2 heterocycles. The minimum Gasteiger partial charge on any atom is -0.341 e. The molecule has 0 fully saturated rings. The highest BCUT2D eigenvalue weighted by atomic mass is 15.2. The fraction of sp³-hybridized carbons (Fsp3) is 0.191. The Hall–Kier alpha value is -5.34. The molecule has 1 aliphatic carbocycles. The topological polar surface area (TPSA) is 6.48 Å². The summed E-state index contributed by atoms with van der Waals surface area (Å²) in [7, 11) is 0. The van der Waals surface area contributed by atoms with Crippen molar-refractivity contribution in [2.24, 2.45) is 0 Å². The van der Waals surface area contributed by atoms with E-state index in [4.69, 9.17) is 0 Å². The first-order valence-electron chi connectivity index (χ1n) is 17.7. The first kappa shape index (κ1) is 29.8. The molecule has 0 atom stereocenters. The van der Waals surface area contributed by atoms with Gasteiger partial charge >= 0.3 is 0 Å². The van der Waals surface area contributed by atoms with E-state index in [2.05, 4.69) is 183 Å². The molecule has 240 valence electrons. The molecule has 0 N–H and O–H groups in total. The lowest BCUT2D eigenvalue weighted by Gasteiger charge is -2.42. The predicted octanol–water partition coefficient (Wildman–Crippen LogP) is 12.4. The SMILES string of the molecule is CC1(C)c2cc(C=Cc3ccc(N4c5ccccc5C(C)(C)c5ccccc54)cc3)ccc2-c2ccc(N3CCCc4ccccc43)cc21. The van der Waals surface area contributed by atoms with Crippen molar-refractivity contribution < 1.29 is 0 Å². The molecule has 6 aromatic carbocycles. The molecule has 0 radical (unpaired) electrons. The van der Waals surface area contributed by atoms with E-state index in [9.17, 15) is 0 Å². The second-order valence-corrected chi connectivity index (χ2v) is 15.0. The lowest BCUT2D eigenvalue weighted by atomic mass is 9.73. The Bertz CT molecular complexity index is 2220. The first-order chi connectivity index (χ1) is 23.8. The van der Waals surface area contributed by atoms with Gasteiger partial charge in [0.05, 0.1) is 11.4 Å². The summed E-state index contributed by atoms with van der Waals surface area (Å²) in [5, 5.41) is 0. The Kier molecular flexibility index (Phi) is 6.75. The fourth-order valence-corrected chi connectivity index (χ4v) is 8.69. The van der Waals surface area contributed by atoms with Crippen LogP contribution in [0.15, 0.2) is 133 Å². The zero-order valence-electron chi connectivity index (χ0n) is 28.9. The van der Waals surface area contributed by atoms with Gasteiger partial charge in [-0.1, -0.05) is 131 Å². The van der Waals surface area contributed by atoms with Crippen molar-refractivity contribution >= 4 is 40.6 Å². The van der Waals surface area contributed by atoms with Crippen molar-refractivity contribution in [3.05, 3.63) is 172 Å². The second-order valence-electron chi connectivity index (χ2n) is 15.0. The van der Waals surface area contributed by atoms with Crippen LogP contribution in [-0.4, -0.2) is 6.54 Å². The van der Waals surface area contributed by atoms with Crippen molar-refractivity contribution in [3.63, 3.8) is 0 Å². The highest BCUT2D eigenvalue weighted by molar-refractivity contribution is 5.87. The zero-order chi connectivity index (χ0) is 33.3. The Labute approximate surface area is 291 Å². The van der Waals surface area contributed by atoms with Gasteiger partial charge in [0, 0.05) is 34.4 Å². The van der Waals surface area contributed by atoms with Gasteiger partial charge in [0.25, 0.3) is 0 Å². The Balaban J connectivity index is 0.993. The lowest BCUT2D eigenvalue weighted by molar-refractivity contribution is 0.632. The maximum atomic E-state index is 2.52. The molecule has 0 amide bonds. The van der Waals surface area contributed by atoms with Gasteiger partial charge in [0.2, 0.25) is 0 Å². The van der Waals surface area contributed by atoms with Crippen molar-refractivity contribution in [1.29, 1.82) is 0 Å². The summed E-state index contributed by atoms with van der Waals surface area (Å²) >= 11 is 0. The number of rotatable bonds is 4. The molecule has 2 nitrogen and oxygen atoms in total. The van der Waals surface area contributed by atoms with E-state index in [-0.39, 0.29) is 10.8 Å². The average molecular weight is 635 g/mol. The molecule has 49 heavy (non-hydrogen) atoms. The van der Waals surface area contributed by atoms with Crippen LogP contribution in [0, 0.1) is 0 Å². The van der Waals surface area contributed by atoms with Gasteiger partial charge in [0.1, 0.15) is 0 Å². The van der Waals surface area contributed by atoms with Gasteiger partial charge < -0.3 is 9.80 Å². The standard InChI is InChI=1S/C47H42N2/c1-46(2)39-14-6-9-17-44(39)49(45-18-10-7-15-40(45)46)35-24-21-32(22-25-35)19-20-33-23-27-37-38-28-26-36(31-42(38)47(3,4)41(37)30-33)48-29-11-13-34-12-5-8-16-43(34)48/h5-10,12,14-28,30-31H,11,13,29H2,1-4H3. The number of fused-ring (bicyclic) bond motifs is 6. The van der Waals surface area contributed by atoms with Crippen LogP contribution < -0.4 is 9.80 Å². The molecule has 2 heteroatoms. The quantitative estimate of drug-likeness (QED) is 0.178. The summed E-state index contributed by atoms with van der Waals surface area (Å²) in [6, 6.07) is 49.7. The van der Waals surface area contributed by atoms with Crippen LogP contribution in [0.25, 0.3) is 23.3 Å². The van der Waals surface area contributed by atoms with Gasteiger partial charge in [-0.05, 0) is 105 Å². The first-order valence-corrected chi connectivity index (χ1v) is 17.7. The Morgan fingerprint density at radius 2 is 1.02 bits per heavy atom. The summed E-state index contributed by atoms with van der Waals surface area (Å²) in [4.78, 5) is 4.93. The minimum absolute atomic E-state index is 0.0556. The van der Waals surface area contributed by atoms with E-state index in [0.29, 0.717) is 0 Å². The minimum atomic E-state index is -0.0723. The number of nitrogens with zero attached hydrogens (tertiary/aromatic N) is 2. The highest BCUT2D eigenvalue weighted by Gasteiger charge is 2.37. The second kappa shape index (κ2) is 11.1. The van der Waals surface area contributed by atoms with Crippen LogP contribution >= 0.6 is 0 Å². The zero-order valence-corrected chi connectivity index (χ0v) is 28.9. The van der Waals surface area contributed by atoms with E-state index in [1.165, 1.54) is 84.9 Å². The maximum absolute atomic E-state index is 2.52. The van der Waals surface area contributed by atoms with E-state index in [1.54, 1.807) is 0 Å². The molecule has 2 aliphatic heterocycles. The molecule has 0 bridgehead atoms. The van der Waals surface area contributed by atoms with Crippen LogP contribution in [0.2, 0.25) is 0 Å². The van der Waals surface area contributed by atoms with Gasteiger partial charge in [-0.15, -0.1) is 0 Å². The van der Waals surface area contributed by atoms with E-state index in [1.807, 2.05) is 0 Å². The van der Waals surface area contributed by atoms with Crippen molar-refractivity contribution in [2.45, 2.75) is 51.4 Å². The van der Waals surface area contributed by atoms with E-state index >= 15 is 0 Å². The van der Waals surface area contributed by atoms with E-state index < -0.39 is 0 Å². The van der Waals surface area contributed by atoms with Crippen molar-refractivity contribution in [1.82, 2.24) is 0 Å². The molecular weight excluding hydrogens is 593 g/mol. The number of hydrogen-bond donors (Lipinski definition) is 0. The van der Waals surface area contributed by atoms with Gasteiger partial charge in [0.15, 0.2) is 0 Å². The van der Waals surface area contributed by atoms with Crippen LogP contribution in [0.1, 0.15) is 73.1 Å². The van der Waals surface area contributed by atoms with Crippen LogP contribution in [0.5, 0.6) is 0 Å². The van der Waals surface area contributed by atoms with Gasteiger partial charge in [-0.3, -0.25) is 0 Å². The number of para-hydroxylation sites is 3. The lowest BCUT2D eigenvalue weighted by Crippen LogP contribution is -2.30. The number of anilines is 5. The van der Waals surface area contributed by atoms with Crippen LogP contribution in [0.4, 0.5) is 28.4 Å². The number of aryl methyl sites for hydroxylation is 1.